The number of nitrogens with one attached hydrogen (secondary N) is 1. The number of carbonyl (C=O) groups is 1. The van der Waals surface area contributed by atoms with Crippen LogP contribution in [0.25, 0.3) is 0 Å². The molecular weight excluding hydrogens is 259 g/mol. The molecule has 1 aromatic carbocycles. The Morgan fingerprint density at radius 2 is 2.00 bits per heavy atom. The van der Waals surface area contributed by atoms with Crippen LogP contribution in [0.5, 0.6) is 0 Å². The van der Waals surface area contributed by atoms with E-state index in [4.69, 9.17) is 4.74 Å². The summed E-state index contributed by atoms with van der Waals surface area (Å²) in [6.07, 6.45) is 1.70. The van der Waals surface area contributed by atoms with Gasteiger partial charge in [-0.15, -0.1) is 0 Å². The van der Waals surface area contributed by atoms with Gasteiger partial charge in [0.15, 0.2) is 17.5 Å². The third-order valence-electron chi connectivity index (χ3n) is 3.11. The summed E-state index contributed by atoms with van der Waals surface area (Å²) < 4.78 is 43.8. The van der Waals surface area contributed by atoms with Crippen molar-refractivity contribution in [1.29, 1.82) is 0 Å². The maximum Gasteiger partial charge on any atom is 0.251 e. The number of carbonyl (C=O) groups excluding carboxylic acids is 1. The molecule has 0 aliphatic carbocycles. The molecule has 1 N–H and O–H groups in total. The van der Waals surface area contributed by atoms with Crippen LogP contribution in [0.3, 0.4) is 0 Å². The quantitative estimate of drug-likeness (QED) is 0.855. The van der Waals surface area contributed by atoms with Crippen LogP contribution in [0.4, 0.5) is 13.2 Å². The van der Waals surface area contributed by atoms with E-state index in [0.29, 0.717) is 31.2 Å². The van der Waals surface area contributed by atoms with Crippen LogP contribution in [0, 0.1) is 23.4 Å². The fraction of sp³-hybridized carbons (Fsp3) is 0.462. The molecule has 0 saturated carbocycles. The molecule has 6 heteroatoms. The van der Waals surface area contributed by atoms with E-state index in [1.807, 2.05) is 0 Å². The number of ether oxygens (including phenoxy) is 1. The topological polar surface area (TPSA) is 38.3 Å². The molecule has 1 atom stereocenters. The zero-order valence-electron chi connectivity index (χ0n) is 10.2. The van der Waals surface area contributed by atoms with E-state index < -0.39 is 23.4 Å². The van der Waals surface area contributed by atoms with Gasteiger partial charge < -0.3 is 10.1 Å². The largest absolute Gasteiger partial charge is 0.381 e. The average Bonchev–Trinajstić information content (AvgIpc) is 2.88. The van der Waals surface area contributed by atoms with E-state index in [1.54, 1.807) is 0 Å². The third-order valence-corrected chi connectivity index (χ3v) is 3.11. The second-order valence-corrected chi connectivity index (χ2v) is 4.53. The SMILES string of the molecule is O=C(NCCC1CCOC1)c1cc(F)c(F)c(F)c1. The van der Waals surface area contributed by atoms with Gasteiger partial charge in [0.25, 0.3) is 5.91 Å². The Labute approximate surface area is 108 Å². The minimum Gasteiger partial charge on any atom is -0.381 e. The summed E-state index contributed by atoms with van der Waals surface area (Å²) >= 11 is 0. The molecule has 3 nitrogen and oxygen atoms in total. The third kappa shape index (κ3) is 3.47. The van der Waals surface area contributed by atoms with Gasteiger partial charge in [0.05, 0.1) is 0 Å². The van der Waals surface area contributed by atoms with Crippen LogP contribution in [0.2, 0.25) is 0 Å². The molecule has 104 valence electrons. The average molecular weight is 273 g/mol. The first kappa shape index (κ1) is 13.9. The maximum atomic E-state index is 13.0. The summed E-state index contributed by atoms with van der Waals surface area (Å²) in [5, 5.41) is 2.55. The van der Waals surface area contributed by atoms with E-state index in [2.05, 4.69) is 5.32 Å². The Morgan fingerprint density at radius 1 is 1.32 bits per heavy atom. The number of hydrogen-bond acceptors (Lipinski definition) is 2. The van der Waals surface area contributed by atoms with Crippen LogP contribution >= 0.6 is 0 Å². The summed E-state index contributed by atoms with van der Waals surface area (Å²) in [5.74, 6) is -4.51. The summed E-state index contributed by atoms with van der Waals surface area (Å²) in [7, 11) is 0. The van der Waals surface area contributed by atoms with Crippen LogP contribution in [-0.2, 0) is 4.74 Å². The van der Waals surface area contributed by atoms with Crippen molar-refractivity contribution in [3.8, 4) is 0 Å². The van der Waals surface area contributed by atoms with Gasteiger partial charge >= 0.3 is 0 Å². The van der Waals surface area contributed by atoms with Crippen molar-refractivity contribution in [3.05, 3.63) is 35.1 Å². The molecule has 1 aliphatic rings. The van der Waals surface area contributed by atoms with Crippen molar-refractivity contribution >= 4 is 5.91 Å². The van der Waals surface area contributed by atoms with Crippen molar-refractivity contribution in [3.63, 3.8) is 0 Å². The van der Waals surface area contributed by atoms with E-state index in [-0.39, 0.29) is 5.56 Å². The monoisotopic (exact) mass is 273 g/mol. The smallest absolute Gasteiger partial charge is 0.251 e. The molecule has 0 aromatic heterocycles. The maximum absolute atomic E-state index is 13.0. The Kier molecular flexibility index (Phi) is 4.42. The standard InChI is InChI=1S/C13H14F3NO2/c14-10-5-9(6-11(15)12(10)16)13(18)17-3-1-8-2-4-19-7-8/h5-6,8H,1-4,7H2,(H,17,18). The number of amides is 1. The zero-order valence-corrected chi connectivity index (χ0v) is 10.2. The van der Waals surface area contributed by atoms with Crippen molar-refractivity contribution in [1.82, 2.24) is 5.32 Å². The van der Waals surface area contributed by atoms with Gasteiger partial charge in [-0.3, -0.25) is 4.79 Å². The molecular formula is C13H14F3NO2. The van der Waals surface area contributed by atoms with Crippen molar-refractivity contribution in [2.75, 3.05) is 19.8 Å². The van der Waals surface area contributed by atoms with E-state index >= 15 is 0 Å². The second-order valence-electron chi connectivity index (χ2n) is 4.53. The van der Waals surface area contributed by atoms with E-state index in [1.165, 1.54) is 0 Å². The van der Waals surface area contributed by atoms with Crippen LogP contribution in [0.1, 0.15) is 23.2 Å². The van der Waals surface area contributed by atoms with Gasteiger partial charge in [0.1, 0.15) is 0 Å². The number of rotatable bonds is 4. The zero-order chi connectivity index (χ0) is 13.8. The predicted molar refractivity (Wildman–Crippen MR) is 62.2 cm³/mol. The molecule has 19 heavy (non-hydrogen) atoms. The lowest BCUT2D eigenvalue weighted by Gasteiger charge is -2.09. The molecule has 1 heterocycles. The molecule has 0 bridgehead atoms. The van der Waals surface area contributed by atoms with Crippen LogP contribution < -0.4 is 5.32 Å². The molecule has 0 spiro atoms. The van der Waals surface area contributed by atoms with Crippen LogP contribution in [-0.4, -0.2) is 25.7 Å². The minimum atomic E-state index is -1.57. The number of hydrogen-bond donors (Lipinski definition) is 1. The molecule has 1 fully saturated rings. The van der Waals surface area contributed by atoms with Crippen LogP contribution in [0.15, 0.2) is 12.1 Å². The first-order chi connectivity index (χ1) is 9.08. The highest BCUT2D eigenvalue weighted by Gasteiger charge is 2.17. The van der Waals surface area contributed by atoms with Crippen molar-refractivity contribution in [2.24, 2.45) is 5.92 Å². The highest BCUT2D eigenvalue weighted by atomic mass is 19.2. The Morgan fingerprint density at radius 3 is 2.58 bits per heavy atom. The first-order valence-corrected chi connectivity index (χ1v) is 6.08. The predicted octanol–water partition coefficient (Wildman–Crippen LogP) is 2.26. The van der Waals surface area contributed by atoms with E-state index in [0.717, 1.165) is 19.4 Å². The fourth-order valence-electron chi connectivity index (χ4n) is 1.99. The highest BCUT2D eigenvalue weighted by Crippen LogP contribution is 2.16. The first-order valence-electron chi connectivity index (χ1n) is 6.08. The Balaban J connectivity index is 1.88. The fourth-order valence-corrected chi connectivity index (χ4v) is 1.99. The second kappa shape index (κ2) is 6.06. The van der Waals surface area contributed by atoms with Gasteiger partial charge in [0.2, 0.25) is 0 Å². The van der Waals surface area contributed by atoms with Gasteiger partial charge in [-0.2, -0.15) is 0 Å². The van der Waals surface area contributed by atoms with Gasteiger partial charge in [-0.1, -0.05) is 0 Å². The summed E-state index contributed by atoms with van der Waals surface area (Å²) in [5.41, 5.74) is -0.223. The summed E-state index contributed by atoms with van der Waals surface area (Å²) in [6.45, 7) is 1.80. The van der Waals surface area contributed by atoms with Gasteiger partial charge in [-0.05, 0) is 30.9 Å². The molecule has 2 rings (SSSR count). The van der Waals surface area contributed by atoms with Gasteiger partial charge in [-0.25, -0.2) is 13.2 Å². The normalized spacial score (nSPS) is 18.6. The van der Waals surface area contributed by atoms with E-state index in [9.17, 15) is 18.0 Å². The summed E-state index contributed by atoms with van der Waals surface area (Å²) in [6, 6.07) is 1.37. The Bertz CT molecular complexity index is 450. The molecule has 1 aromatic rings. The summed E-state index contributed by atoms with van der Waals surface area (Å²) in [4.78, 5) is 11.6. The molecule has 1 unspecified atom stereocenters. The van der Waals surface area contributed by atoms with Gasteiger partial charge in [0, 0.05) is 25.3 Å². The molecule has 1 aliphatic heterocycles. The highest BCUT2D eigenvalue weighted by molar-refractivity contribution is 5.94. The molecule has 0 radical (unpaired) electrons. The van der Waals surface area contributed by atoms with Crippen molar-refractivity contribution in [2.45, 2.75) is 12.8 Å². The molecule has 1 saturated heterocycles. The number of halogens is 3. The molecule has 1 amide bonds. The lowest BCUT2D eigenvalue weighted by molar-refractivity contribution is 0.0949. The van der Waals surface area contributed by atoms with Crippen molar-refractivity contribution < 1.29 is 22.7 Å². The number of benzene rings is 1. The minimum absolute atomic E-state index is 0.223. The lowest BCUT2D eigenvalue weighted by atomic mass is 10.1. The lowest BCUT2D eigenvalue weighted by Crippen LogP contribution is -2.26. The Hall–Kier alpha value is -1.56.